The number of carbonyl (C=O) groups is 3. The Bertz CT molecular complexity index is 336. The first-order chi connectivity index (χ1) is 7.50. The highest BCUT2D eigenvalue weighted by molar-refractivity contribution is 5.94. The highest BCUT2D eigenvalue weighted by Crippen LogP contribution is 2.16. The second kappa shape index (κ2) is 5.29. The molecule has 2 N–H and O–H groups in total. The van der Waals surface area contributed by atoms with Gasteiger partial charge < -0.3 is 15.1 Å². The smallest absolute Gasteiger partial charge is 0.328 e. The molecule has 16 heavy (non-hydrogen) atoms. The second-order valence-corrected chi connectivity index (χ2v) is 3.63. The van der Waals surface area contributed by atoms with Gasteiger partial charge in [-0.25, -0.2) is 4.79 Å². The van der Waals surface area contributed by atoms with Gasteiger partial charge in [0, 0.05) is 25.2 Å². The van der Waals surface area contributed by atoms with Crippen LogP contribution in [0.2, 0.25) is 0 Å². The molecule has 1 aliphatic rings. The topological polar surface area (TPSA) is 94.9 Å². The summed E-state index contributed by atoms with van der Waals surface area (Å²) in [5.74, 6) is -3.11. The third-order valence-electron chi connectivity index (χ3n) is 2.45. The van der Waals surface area contributed by atoms with Crippen molar-refractivity contribution in [3.8, 4) is 0 Å². The van der Waals surface area contributed by atoms with Crippen molar-refractivity contribution in [1.29, 1.82) is 0 Å². The highest BCUT2D eigenvalue weighted by Gasteiger charge is 2.27. The van der Waals surface area contributed by atoms with Crippen LogP contribution in [0.1, 0.15) is 12.8 Å². The predicted octanol–water partition coefficient (Wildman–Crippen LogP) is -0.0496. The van der Waals surface area contributed by atoms with E-state index in [1.54, 1.807) is 0 Å². The molecule has 1 saturated heterocycles. The number of hydrogen-bond acceptors (Lipinski definition) is 3. The first-order valence-corrected chi connectivity index (χ1v) is 4.93. The van der Waals surface area contributed by atoms with Crippen molar-refractivity contribution in [3.63, 3.8) is 0 Å². The Labute approximate surface area is 92.2 Å². The SMILES string of the molecule is O=C(O)/C=C/C(=O)N1CCCC(C(=O)O)C1. The Hall–Kier alpha value is -1.85. The Morgan fingerprint density at radius 3 is 2.44 bits per heavy atom. The first-order valence-electron chi connectivity index (χ1n) is 4.93. The summed E-state index contributed by atoms with van der Waals surface area (Å²) in [7, 11) is 0. The number of piperidine rings is 1. The van der Waals surface area contributed by atoms with Crippen LogP contribution in [0.15, 0.2) is 12.2 Å². The number of aliphatic carboxylic acids is 2. The van der Waals surface area contributed by atoms with Gasteiger partial charge in [-0.1, -0.05) is 0 Å². The van der Waals surface area contributed by atoms with Crippen molar-refractivity contribution in [1.82, 2.24) is 4.90 Å². The van der Waals surface area contributed by atoms with Crippen LogP contribution in [0.5, 0.6) is 0 Å². The number of rotatable bonds is 3. The van der Waals surface area contributed by atoms with Crippen LogP contribution < -0.4 is 0 Å². The number of amides is 1. The third kappa shape index (κ3) is 3.38. The summed E-state index contributed by atoms with van der Waals surface area (Å²) in [6, 6.07) is 0. The van der Waals surface area contributed by atoms with Crippen molar-refractivity contribution < 1.29 is 24.6 Å². The largest absolute Gasteiger partial charge is 0.481 e. The van der Waals surface area contributed by atoms with Crippen molar-refractivity contribution >= 4 is 17.8 Å². The monoisotopic (exact) mass is 227 g/mol. The van der Waals surface area contributed by atoms with E-state index in [0.717, 1.165) is 12.2 Å². The fourth-order valence-corrected chi connectivity index (χ4v) is 1.63. The minimum Gasteiger partial charge on any atom is -0.481 e. The summed E-state index contributed by atoms with van der Waals surface area (Å²) < 4.78 is 0. The van der Waals surface area contributed by atoms with E-state index in [-0.39, 0.29) is 6.54 Å². The molecule has 0 saturated carbocycles. The van der Waals surface area contributed by atoms with E-state index in [2.05, 4.69) is 0 Å². The number of nitrogens with zero attached hydrogens (tertiary/aromatic N) is 1. The van der Waals surface area contributed by atoms with Crippen LogP contribution in [-0.4, -0.2) is 46.0 Å². The zero-order chi connectivity index (χ0) is 12.1. The molecule has 1 fully saturated rings. The molecular weight excluding hydrogens is 214 g/mol. The van der Waals surface area contributed by atoms with Gasteiger partial charge in [0.25, 0.3) is 0 Å². The fraction of sp³-hybridized carbons (Fsp3) is 0.500. The van der Waals surface area contributed by atoms with Gasteiger partial charge in [-0.3, -0.25) is 9.59 Å². The van der Waals surface area contributed by atoms with Gasteiger partial charge >= 0.3 is 11.9 Å². The lowest BCUT2D eigenvalue weighted by atomic mass is 9.98. The Morgan fingerprint density at radius 2 is 1.88 bits per heavy atom. The highest BCUT2D eigenvalue weighted by atomic mass is 16.4. The van der Waals surface area contributed by atoms with E-state index in [9.17, 15) is 14.4 Å². The maximum absolute atomic E-state index is 11.5. The summed E-state index contributed by atoms with van der Waals surface area (Å²) in [6.45, 7) is 0.630. The summed E-state index contributed by atoms with van der Waals surface area (Å²) in [5.41, 5.74) is 0. The van der Waals surface area contributed by atoms with E-state index in [4.69, 9.17) is 10.2 Å². The summed E-state index contributed by atoms with van der Waals surface area (Å²) in [6.07, 6.45) is 2.89. The van der Waals surface area contributed by atoms with Crippen LogP contribution >= 0.6 is 0 Å². The molecule has 0 aromatic carbocycles. The standard InChI is InChI=1S/C10H13NO5/c12-8(3-4-9(13)14)11-5-1-2-7(6-11)10(15)16/h3-4,7H,1-2,5-6H2,(H,13,14)(H,15,16)/b4-3+. The quantitative estimate of drug-likeness (QED) is 0.659. The van der Waals surface area contributed by atoms with Crippen molar-refractivity contribution in [2.45, 2.75) is 12.8 Å². The maximum Gasteiger partial charge on any atom is 0.328 e. The van der Waals surface area contributed by atoms with E-state index in [0.29, 0.717) is 19.4 Å². The molecule has 6 heteroatoms. The van der Waals surface area contributed by atoms with Crippen LogP contribution in [0.25, 0.3) is 0 Å². The first kappa shape index (κ1) is 12.2. The number of likely N-dealkylation sites (tertiary alicyclic amines) is 1. The summed E-state index contributed by atoms with van der Waals surface area (Å²) in [5, 5.41) is 17.2. The van der Waals surface area contributed by atoms with E-state index in [1.807, 2.05) is 0 Å². The van der Waals surface area contributed by atoms with Crippen LogP contribution in [0, 0.1) is 5.92 Å². The average molecular weight is 227 g/mol. The molecule has 0 aromatic heterocycles. The van der Waals surface area contributed by atoms with Crippen LogP contribution in [0.4, 0.5) is 0 Å². The molecule has 1 heterocycles. The van der Waals surface area contributed by atoms with E-state index < -0.39 is 23.8 Å². The average Bonchev–Trinajstić information content (AvgIpc) is 2.26. The molecule has 0 aliphatic carbocycles. The zero-order valence-corrected chi connectivity index (χ0v) is 8.63. The lowest BCUT2D eigenvalue weighted by Crippen LogP contribution is -2.41. The Balaban J connectivity index is 2.56. The zero-order valence-electron chi connectivity index (χ0n) is 8.63. The van der Waals surface area contributed by atoms with Crippen molar-refractivity contribution in [2.75, 3.05) is 13.1 Å². The van der Waals surface area contributed by atoms with Crippen molar-refractivity contribution in [2.24, 2.45) is 5.92 Å². The lowest BCUT2D eigenvalue weighted by molar-refractivity contribution is -0.145. The summed E-state index contributed by atoms with van der Waals surface area (Å²) >= 11 is 0. The minimum atomic E-state index is -1.19. The third-order valence-corrected chi connectivity index (χ3v) is 2.45. The molecular formula is C10H13NO5. The summed E-state index contributed by atoms with van der Waals surface area (Å²) in [4.78, 5) is 33.8. The predicted molar refractivity (Wildman–Crippen MR) is 53.7 cm³/mol. The molecule has 1 rings (SSSR count). The number of carboxylic acids is 2. The molecule has 0 aromatic rings. The Kier molecular flexibility index (Phi) is 4.04. The molecule has 1 amide bonds. The molecule has 0 radical (unpaired) electrons. The molecule has 88 valence electrons. The molecule has 0 spiro atoms. The van der Waals surface area contributed by atoms with Gasteiger partial charge in [-0.2, -0.15) is 0 Å². The van der Waals surface area contributed by atoms with E-state index in [1.165, 1.54) is 4.90 Å². The number of carbonyl (C=O) groups excluding carboxylic acids is 1. The minimum absolute atomic E-state index is 0.151. The molecule has 1 atom stereocenters. The molecule has 6 nitrogen and oxygen atoms in total. The fourth-order valence-electron chi connectivity index (χ4n) is 1.63. The number of carboxylic acid groups (broad SMARTS) is 2. The van der Waals surface area contributed by atoms with Crippen molar-refractivity contribution in [3.05, 3.63) is 12.2 Å². The van der Waals surface area contributed by atoms with Gasteiger partial charge in [0.05, 0.1) is 5.92 Å². The van der Waals surface area contributed by atoms with Gasteiger partial charge in [0.1, 0.15) is 0 Å². The van der Waals surface area contributed by atoms with Crippen LogP contribution in [-0.2, 0) is 14.4 Å². The second-order valence-electron chi connectivity index (χ2n) is 3.63. The number of hydrogen-bond donors (Lipinski definition) is 2. The lowest BCUT2D eigenvalue weighted by Gasteiger charge is -2.29. The Morgan fingerprint density at radius 1 is 1.19 bits per heavy atom. The molecule has 0 bridgehead atoms. The molecule has 1 aliphatic heterocycles. The van der Waals surface area contributed by atoms with Gasteiger partial charge in [0.15, 0.2) is 0 Å². The van der Waals surface area contributed by atoms with Crippen LogP contribution in [0.3, 0.4) is 0 Å². The van der Waals surface area contributed by atoms with Gasteiger partial charge in [-0.05, 0) is 12.8 Å². The normalized spacial score (nSPS) is 21.0. The van der Waals surface area contributed by atoms with Gasteiger partial charge in [0.2, 0.25) is 5.91 Å². The van der Waals surface area contributed by atoms with Gasteiger partial charge in [-0.15, -0.1) is 0 Å². The maximum atomic E-state index is 11.5. The van der Waals surface area contributed by atoms with E-state index >= 15 is 0 Å². The molecule has 1 unspecified atom stereocenters.